The number of nitrogens with two attached hydrogens (primary N) is 5. The summed E-state index contributed by atoms with van der Waals surface area (Å²) in [5, 5.41) is 47.1. The van der Waals surface area contributed by atoms with Crippen LogP contribution in [0.4, 0.5) is 0 Å². The number of nitrogens with one attached hydrogen (secondary N) is 10. The second-order valence-electron chi connectivity index (χ2n) is 20.6. The van der Waals surface area contributed by atoms with Crippen LogP contribution in [0.5, 0.6) is 0 Å². The summed E-state index contributed by atoms with van der Waals surface area (Å²) in [6.07, 6.45) is -1.11. The van der Waals surface area contributed by atoms with Crippen LogP contribution < -0.4 is 81.8 Å². The highest BCUT2D eigenvalue weighted by Gasteiger charge is 2.37. The molecule has 438 valence electrons. The van der Waals surface area contributed by atoms with Crippen LogP contribution in [0, 0.1) is 11.8 Å². The molecule has 22 N–H and O–H groups in total. The lowest BCUT2D eigenvalue weighted by Crippen LogP contribution is -2.61. The molecule has 2 fully saturated rings. The van der Waals surface area contributed by atoms with Gasteiger partial charge in [-0.25, -0.2) is 0 Å². The predicted octanol–water partition coefficient (Wildman–Crippen LogP) is -5.78. The molecule has 0 bridgehead atoms. The van der Waals surface area contributed by atoms with Crippen molar-refractivity contribution < 1.29 is 58.2 Å². The molecule has 27 nitrogen and oxygen atoms in total. The van der Waals surface area contributed by atoms with Gasteiger partial charge in [0.1, 0.15) is 54.4 Å². The minimum absolute atomic E-state index is 0.0208. The van der Waals surface area contributed by atoms with Gasteiger partial charge in [0, 0.05) is 25.4 Å². The molecule has 3 rings (SSSR count). The smallest absolute Gasteiger partial charge is 0.245 e. The highest BCUT2D eigenvalue weighted by molar-refractivity contribution is 5.99. The van der Waals surface area contributed by atoms with Crippen LogP contribution in [0.1, 0.15) is 104 Å². The SMILES string of the molecule is CC(C)C[C@@H]1NC(=O)[C@@H](Cc2ccccc2)NC(=O)[C@H](CCN)NC(=O)[C@@H](NC(=O)[C@H](CCN)NC(=O)[C@@H](NC(=O)C[C@H]2CC[C@@H](N)CC2)C(C)O)CCNC(=O)[C@H](C(C)O)NC(=O)[C@H](CCN)NC(=O)[C@H](CCN)NC1=O. The molecular formula is C51H87N15O12. The summed E-state index contributed by atoms with van der Waals surface area (Å²) in [4.78, 5) is 140. The molecular weight excluding hydrogens is 1010 g/mol. The van der Waals surface area contributed by atoms with Gasteiger partial charge in [0.2, 0.25) is 59.1 Å². The molecule has 0 radical (unpaired) electrons. The van der Waals surface area contributed by atoms with E-state index in [4.69, 9.17) is 28.7 Å². The standard InChI is InChI=1S/C51H87N15O12/c1-27(2)24-38-48(75)60-33(14-19-52)43(70)59-36(17-22-55)47(74)66-41(28(3)67)50(77)57-23-18-37(46(73)58-34(15-20-53)45(72)64-39(49(76)63-38)25-30-8-6-5-7-9-30)61-44(71)35(16-21-54)62-51(78)42(29(4)68)65-40(69)26-31-10-12-32(56)13-11-31/h5-9,27-29,31-39,41-42,67-68H,10-26,52-56H2,1-4H3,(H,57,77)(H,58,73)(H,59,70)(H,60,75)(H,61,71)(H,62,78)(H,63,76)(H,64,72)(H,65,69)(H,66,74)/t28?,29?,31-,32+,33-,34-,35-,36-,37-,38-,39+,41-,42-/m0/s1. The summed E-state index contributed by atoms with van der Waals surface area (Å²) >= 11 is 0. The van der Waals surface area contributed by atoms with E-state index in [1.807, 2.05) is 0 Å². The zero-order chi connectivity index (χ0) is 58.1. The Morgan fingerprint density at radius 3 is 1.62 bits per heavy atom. The first-order valence-corrected chi connectivity index (χ1v) is 27.0. The van der Waals surface area contributed by atoms with Gasteiger partial charge in [-0.3, -0.25) is 47.9 Å². The fraction of sp³-hybridized carbons (Fsp3) is 0.686. The van der Waals surface area contributed by atoms with Crippen molar-refractivity contribution >= 4 is 59.1 Å². The molecule has 1 aromatic carbocycles. The van der Waals surface area contributed by atoms with E-state index in [0.29, 0.717) is 18.4 Å². The number of aliphatic hydroxyl groups excluding tert-OH is 2. The van der Waals surface area contributed by atoms with E-state index in [9.17, 15) is 58.2 Å². The first kappa shape index (κ1) is 65.9. The van der Waals surface area contributed by atoms with E-state index in [1.54, 1.807) is 44.2 Å². The second-order valence-corrected chi connectivity index (χ2v) is 20.6. The molecule has 10 amide bonds. The third-order valence-corrected chi connectivity index (χ3v) is 13.5. The average Bonchev–Trinajstić information content (AvgIpc) is 3.38. The predicted molar refractivity (Wildman–Crippen MR) is 287 cm³/mol. The number of aliphatic hydroxyl groups is 2. The Balaban J connectivity index is 2.08. The van der Waals surface area contributed by atoms with E-state index in [0.717, 1.165) is 12.8 Å². The van der Waals surface area contributed by atoms with Gasteiger partial charge in [-0.15, -0.1) is 0 Å². The number of hydrogen-bond donors (Lipinski definition) is 17. The van der Waals surface area contributed by atoms with Crippen LogP contribution in [-0.4, -0.2) is 175 Å². The van der Waals surface area contributed by atoms with Crippen molar-refractivity contribution in [2.45, 2.75) is 177 Å². The van der Waals surface area contributed by atoms with Gasteiger partial charge in [0.15, 0.2) is 0 Å². The third-order valence-electron chi connectivity index (χ3n) is 13.5. The molecule has 1 aliphatic carbocycles. The Bertz CT molecular complexity index is 2150. The number of benzene rings is 1. The molecule has 1 aliphatic heterocycles. The van der Waals surface area contributed by atoms with Crippen LogP contribution in [-0.2, 0) is 54.4 Å². The summed E-state index contributed by atoms with van der Waals surface area (Å²) < 4.78 is 0. The maximum atomic E-state index is 14.4. The minimum atomic E-state index is -1.66. The Morgan fingerprint density at radius 2 is 1.10 bits per heavy atom. The third kappa shape index (κ3) is 22.2. The van der Waals surface area contributed by atoms with Gasteiger partial charge in [-0.1, -0.05) is 44.2 Å². The van der Waals surface area contributed by atoms with Gasteiger partial charge < -0.3 is 92.0 Å². The molecule has 1 heterocycles. The summed E-state index contributed by atoms with van der Waals surface area (Å²) in [6, 6.07) is -4.47. The first-order valence-electron chi connectivity index (χ1n) is 27.0. The van der Waals surface area contributed by atoms with Gasteiger partial charge >= 0.3 is 0 Å². The summed E-state index contributed by atoms with van der Waals surface area (Å²) in [6.45, 7) is 5.08. The highest BCUT2D eigenvalue weighted by Crippen LogP contribution is 2.26. The molecule has 2 aliphatic rings. The summed E-state index contributed by atoms with van der Waals surface area (Å²) in [7, 11) is 0. The lowest BCUT2D eigenvalue weighted by Gasteiger charge is -2.29. The van der Waals surface area contributed by atoms with Crippen LogP contribution in [0.3, 0.4) is 0 Å². The molecule has 27 heteroatoms. The molecule has 0 aromatic heterocycles. The molecule has 78 heavy (non-hydrogen) atoms. The van der Waals surface area contributed by atoms with Gasteiger partial charge in [-0.2, -0.15) is 0 Å². The molecule has 1 aromatic rings. The van der Waals surface area contributed by atoms with Gasteiger partial charge in [0.05, 0.1) is 12.2 Å². The van der Waals surface area contributed by atoms with Crippen molar-refractivity contribution in [2.75, 3.05) is 32.7 Å². The Kier molecular flexibility index (Phi) is 28.6. The lowest BCUT2D eigenvalue weighted by molar-refractivity contribution is -0.136. The Morgan fingerprint density at radius 1 is 0.603 bits per heavy atom. The topological polar surface area (TPSA) is 462 Å². The fourth-order valence-electron chi connectivity index (χ4n) is 9.07. The van der Waals surface area contributed by atoms with E-state index < -0.39 is 139 Å². The highest BCUT2D eigenvalue weighted by atomic mass is 16.3. The fourth-order valence-corrected chi connectivity index (χ4v) is 9.07. The zero-order valence-corrected chi connectivity index (χ0v) is 45.4. The van der Waals surface area contributed by atoms with E-state index in [-0.39, 0.29) is 89.0 Å². The van der Waals surface area contributed by atoms with Crippen LogP contribution in [0.15, 0.2) is 30.3 Å². The van der Waals surface area contributed by atoms with Crippen molar-refractivity contribution in [1.29, 1.82) is 0 Å². The lowest BCUT2D eigenvalue weighted by atomic mass is 9.84. The Hall–Kier alpha value is -6.36. The van der Waals surface area contributed by atoms with Crippen molar-refractivity contribution in [3.8, 4) is 0 Å². The van der Waals surface area contributed by atoms with Gasteiger partial charge in [-0.05, 0) is 122 Å². The molecule has 1 saturated carbocycles. The molecule has 2 unspecified atom stereocenters. The van der Waals surface area contributed by atoms with Crippen LogP contribution in [0.2, 0.25) is 0 Å². The quantitative estimate of drug-likeness (QED) is 0.0545. The van der Waals surface area contributed by atoms with Crippen molar-refractivity contribution in [3.63, 3.8) is 0 Å². The number of rotatable bonds is 21. The number of hydrogen-bond acceptors (Lipinski definition) is 17. The first-order chi connectivity index (χ1) is 37.0. The van der Waals surface area contributed by atoms with Crippen LogP contribution >= 0.6 is 0 Å². The molecule has 0 spiro atoms. The van der Waals surface area contributed by atoms with E-state index >= 15 is 0 Å². The average molecular weight is 1100 g/mol. The Labute approximate surface area is 455 Å². The van der Waals surface area contributed by atoms with Crippen molar-refractivity contribution in [2.24, 2.45) is 40.5 Å². The largest absolute Gasteiger partial charge is 0.391 e. The maximum absolute atomic E-state index is 14.4. The van der Waals surface area contributed by atoms with E-state index in [1.165, 1.54) is 13.8 Å². The summed E-state index contributed by atoms with van der Waals surface area (Å²) in [5.74, 6) is -8.82. The monoisotopic (exact) mass is 1100 g/mol. The molecule has 1 saturated heterocycles. The van der Waals surface area contributed by atoms with Crippen molar-refractivity contribution in [1.82, 2.24) is 53.2 Å². The van der Waals surface area contributed by atoms with Crippen LogP contribution in [0.25, 0.3) is 0 Å². The number of amides is 10. The number of carbonyl (C=O) groups excluding carboxylic acids is 10. The number of carbonyl (C=O) groups is 10. The normalized spacial score (nSPS) is 26.2. The molecule has 11 atom stereocenters. The zero-order valence-electron chi connectivity index (χ0n) is 45.4. The van der Waals surface area contributed by atoms with E-state index in [2.05, 4.69) is 53.2 Å². The second kappa shape index (κ2) is 33.8. The maximum Gasteiger partial charge on any atom is 0.245 e. The minimum Gasteiger partial charge on any atom is -0.391 e. The summed E-state index contributed by atoms with van der Waals surface area (Å²) in [5.41, 5.74) is 30.1. The van der Waals surface area contributed by atoms with Crippen molar-refractivity contribution in [3.05, 3.63) is 35.9 Å². The van der Waals surface area contributed by atoms with Gasteiger partial charge in [0.25, 0.3) is 0 Å².